The SMILES string of the molecule is C=C1c2cc(OC)ccc2-c2ccc(N)cc2CN1C. The average Bonchev–Trinajstić information content (AvgIpc) is 2.55. The molecule has 2 N–H and O–H groups in total. The third kappa shape index (κ3) is 1.92. The fourth-order valence-corrected chi connectivity index (χ4v) is 2.69. The Morgan fingerprint density at radius 2 is 1.85 bits per heavy atom. The van der Waals surface area contributed by atoms with E-state index < -0.39 is 0 Å². The van der Waals surface area contributed by atoms with Gasteiger partial charge < -0.3 is 15.4 Å². The molecule has 0 spiro atoms. The Morgan fingerprint density at radius 1 is 1.10 bits per heavy atom. The van der Waals surface area contributed by atoms with Crippen molar-refractivity contribution >= 4 is 11.4 Å². The van der Waals surface area contributed by atoms with E-state index in [-0.39, 0.29) is 0 Å². The van der Waals surface area contributed by atoms with Gasteiger partial charge >= 0.3 is 0 Å². The van der Waals surface area contributed by atoms with E-state index in [1.165, 1.54) is 16.7 Å². The summed E-state index contributed by atoms with van der Waals surface area (Å²) in [6.07, 6.45) is 0. The van der Waals surface area contributed by atoms with Gasteiger partial charge in [-0.3, -0.25) is 0 Å². The summed E-state index contributed by atoms with van der Waals surface area (Å²) < 4.78 is 5.33. The highest BCUT2D eigenvalue weighted by Crippen LogP contribution is 2.38. The van der Waals surface area contributed by atoms with Crippen molar-refractivity contribution < 1.29 is 4.74 Å². The number of nitrogen functional groups attached to an aromatic ring is 1. The minimum absolute atomic E-state index is 0.791. The van der Waals surface area contributed by atoms with Crippen LogP contribution >= 0.6 is 0 Å². The second kappa shape index (κ2) is 4.60. The van der Waals surface area contributed by atoms with Gasteiger partial charge in [0.15, 0.2) is 0 Å². The van der Waals surface area contributed by atoms with Gasteiger partial charge in [0.25, 0.3) is 0 Å². The van der Waals surface area contributed by atoms with Gasteiger partial charge in [0.2, 0.25) is 0 Å². The molecule has 0 unspecified atom stereocenters. The molecule has 0 aliphatic carbocycles. The summed E-state index contributed by atoms with van der Waals surface area (Å²) in [6, 6.07) is 12.2. The lowest BCUT2D eigenvalue weighted by Crippen LogP contribution is -2.14. The van der Waals surface area contributed by atoms with Crippen LogP contribution in [-0.4, -0.2) is 19.1 Å². The van der Waals surface area contributed by atoms with E-state index in [0.717, 1.165) is 29.2 Å². The molecular weight excluding hydrogens is 248 g/mol. The van der Waals surface area contributed by atoms with Crippen LogP contribution in [0.5, 0.6) is 5.75 Å². The predicted molar refractivity (Wildman–Crippen MR) is 83.3 cm³/mol. The van der Waals surface area contributed by atoms with Crippen LogP contribution in [0.1, 0.15) is 11.1 Å². The zero-order chi connectivity index (χ0) is 14.3. The number of nitrogens with zero attached hydrogens (tertiary/aromatic N) is 1. The topological polar surface area (TPSA) is 38.5 Å². The molecule has 3 rings (SSSR count). The second-order valence-electron chi connectivity index (χ2n) is 5.13. The molecule has 3 nitrogen and oxygen atoms in total. The molecule has 1 heterocycles. The third-order valence-electron chi connectivity index (χ3n) is 3.83. The number of ether oxygens (including phenoxy) is 1. The van der Waals surface area contributed by atoms with Crippen LogP contribution in [0.3, 0.4) is 0 Å². The first-order valence-corrected chi connectivity index (χ1v) is 6.57. The maximum atomic E-state index is 5.92. The van der Waals surface area contributed by atoms with E-state index >= 15 is 0 Å². The minimum Gasteiger partial charge on any atom is -0.497 e. The van der Waals surface area contributed by atoms with Crippen LogP contribution in [-0.2, 0) is 6.54 Å². The Kier molecular flexibility index (Phi) is 2.90. The predicted octanol–water partition coefficient (Wildman–Crippen LogP) is 3.36. The summed E-state index contributed by atoms with van der Waals surface area (Å²) in [5.74, 6) is 0.845. The Hall–Kier alpha value is -2.42. The normalized spacial score (nSPS) is 13.5. The lowest BCUT2D eigenvalue weighted by Gasteiger charge is -2.20. The van der Waals surface area contributed by atoms with Crippen LogP contribution in [0.15, 0.2) is 43.0 Å². The van der Waals surface area contributed by atoms with Crippen molar-refractivity contribution in [2.45, 2.75) is 6.54 Å². The molecule has 0 fully saturated rings. The first-order valence-electron chi connectivity index (χ1n) is 6.57. The fraction of sp³-hybridized carbons (Fsp3) is 0.176. The molecular formula is C17H18N2O. The number of hydrogen-bond donors (Lipinski definition) is 1. The van der Waals surface area contributed by atoms with Crippen LogP contribution < -0.4 is 10.5 Å². The molecule has 0 amide bonds. The van der Waals surface area contributed by atoms with Gasteiger partial charge in [0.1, 0.15) is 5.75 Å². The van der Waals surface area contributed by atoms with Gasteiger partial charge in [-0.15, -0.1) is 0 Å². The number of anilines is 1. The summed E-state index contributed by atoms with van der Waals surface area (Å²) in [4.78, 5) is 2.14. The molecule has 2 aromatic carbocycles. The van der Waals surface area contributed by atoms with Crippen molar-refractivity contribution in [2.24, 2.45) is 0 Å². The number of fused-ring (bicyclic) bond motifs is 3. The molecule has 0 bridgehead atoms. The first kappa shape index (κ1) is 12.6. The zero-order valence-electron chi connectivity index (χ0n) is 11.8. The first-order chi connectivity index (χ1) is 9.60. The highest BCUT2D eigenvalue weighted by atomic mass is 16.5. The van der Waals surface area contributed by atoms with E-state index in [1.54, 1.807) is 7.11 Å². The minimum atomic E-state index is 0.791. The molecule has 1 aliphatic heterocycles. The molecule has 102 valence electrons. The standard InChI is InChI=1S/C17H18N2O/c1-11-17-9-14(20-3)5-7-16(17)15-6-4-13(18)8-12(15)10-19(11)2/h4-9H,1,10,18H2,2-3H3. The molecule has 0 radical (unpaired) electrons. The highest BCUT2D eigenvalue weighted by molar-refractivity contribution is 5.84. The Balaban J connectivity index is 2.28. The summed E-state index contributed by atoms with van der Waals surface area (Å²) in [6.45, 7) is 5.02. The van der Waals surface area contributed by atoms with E-state index in [4.69, 9.17) is 10.5 Å². The zero-order valence-corrected chi connectivity index (χ0v) is 11.8. The second-order valence-corrected chi connectivity index (χ2v) is 5.13. The molecule has 1 aliphatic rings. The van der Waals surface area contributed by atoms with Gasteiger partial charge in [-0.2, -0.15) is 0 Å². The molecule has 20 heavy (non-hydrogen) atoms. The van der Waals surface area contributed by atoms with E-state index in [9.17, 15) is 0 Å². The van der Waals surface area contributed by atoms with Gasteiger partial charge in [0.05, 0.1) is 7.11 Å². The summed E-state index contributed by atoms with van der Waals surface area (Å²) in [5, 5.41) is 0. The lowest BCUT2D eigenvalue weighted by atomic mass is 9.95. The fourth-order valence-electron chi connectivity index (χ4n) is 2.69. The Labute approximate surface area is 119 Å². The van der Waals surface area contributed by atoms with Crippen LogP contribution in [0.25, 0.3) is 16.8 Å². The third-order valence-corrected chi connectivity index (χ3v) is 3.83. The lowest BCUT2D eigenvalue weighted by molar-refractivity contribution is 0.414. The molecule has 3 heteroatoms. The van der Waals surface area contributed by atoms with Crippen molar-refractivity contribution in [2.75, 3.05) is 19.9 Å². The van der Waals surface area contributed by atoms with Crippen molar-refractivity contribution in [3.63, 3.8) is 0 Å². The van der Waals surface area contributed by atoms with E-state index in [1.807, 2.05) is 31.3 Å². The van der Waals surface area contributed by atoms with Gasteiger partial charge in [-0.25, -0.2) is 0 Å². The summed E-state index contributed by atoms with van der Waals surface area (Å²) in [7, 11) is 3.73. The highest BCUT2D eigenvalue weighted by Gasteiger charge is 2.20. The van der Waals surface area contributed by atoms with E-state index in [0.29, 0.717) is 0 Å². The maximum absolute atomic E-state index is 5.92. The van der Waals surface area contributed by atoms with E-state index in [2.05, 4.69) is 23.6 Å². The van der Waals surface area contributed by atoms with Gasteiger partial charge in [-0.1, -0.05) is 18.7 Å². The molecule has 2 aromatic rings. The van der Waals surface area contributed by atoms with Gasteiger partial charge in [0, 0.05) is 30.5 Å². The Bertz CT molecular complexity index is 691. The maximum Gasteiger partial charge on any atom is 0.119 e. The quantitative estimate of drug-likeness (QED) is 0.804. The van der Waals surface area contributed by atoms with Crippen molar-refractivity contribution in [3.8, 4) is 16.9 Å². The summed E-state index contributed by atoms with van der Waals surface area (Å²) >= 11 is 0. The van der Waals surface area contributed by atoms with Gasteiger partial charge in [-0.05, 0) is 41.0 Å². The largest absolute Gasteiger partial charge is 0.497 e. The van der Waals surface area contributed by atoms with Crippen LogP contribution in [0.2, 0.25) is 0 Å². The van der Waals surface area contributed by atoms with Crippen molar-refractivity contribution in [1.29, 1.82) is 0 Å². The molecule has 0 saturated carbocycles. The molecule has 0 saturated heterocycles. The molecule has 0 atom stereocenters. The molecule has 0 aromatic heterocycles. The summed E-state index contributed by atoms with van der Waals surface area (Å²) in [5.41, 5.74) is 12.4. The number of methoxy groups -OCH3 is 1. The number of benzene rings is 2. The monoisotopic (exact) mass is 266 g/mol. The van der Waals surface area contributed by atoms with Crippen molar-refractivity contribution in [3.05, 3.63) is 54.1 Å². The van der Waals surface area contributed by atoms with Crippen LogP contribution in [0, 0.1) is 0 Å². The Morgan fingerprint density at radius 3 is 2.60 bits per heavy atom. The smallest absolute Gasteiger partial charge is 0.119 e. The number of hydrogen-bond acceptors (Lipinski definition) is 3. The van der Waals surface area contributed by atoms with Crippen molar-refractivity contribution in [1.82, 2.24) is 4.90 Å². The number of nitrogens with two attached hydrogens (primary N) is 1. The van der Waals surface area contributed by atoms with Crippen LogP contribution in [0.4, 0.5) is 5.69 Å². The average molecular weight is 266 g/mol. The number of rotatable bonds is 1.